The predicted octanol–water partition coefficient (Wildman–Crippen LogP) is 0.639. The second kappa shape index (κ2) is 6.16. The van der Waals surface area contributed by atoms with E-state index in [0.717, 1.165) is 0 Å². The third-order valence-electron chi connectivity index (χ3n) is 2.98. The molecule has 1 aliphatic heterocycles. The molecule has 2 amide bonds. The summed E-state index contributed by atoms with van der Waals surface area (Å²) in [4.78, 5) is 37.3. The first-order valence-corrected chi connectivity index (χ1v) is 6.50. The zero-order valence-electron chi connectivity index (χ0n) is 11.4. The van der Waals surface area contributed by atoms with E-state index in [1.165, 1.54) is 12.1 Å². The number of hydrogen-bond acceptors (Lipinski definition) is 7. The van der Waals surface area contributed by atoms with Crippen LogP contribution >= 0.6 is 0 Å². The summed E-state index contributed by atoms with van der Waals surface area (Å²) in [5.74, 6) is -0.371. The first-order chi connectivity index (χ1) is 10.0. The van der Waals surface area contributed by atoms with E-state index in [4.69, 9.17) is 0 Å². The number of rotatable bonds is 5. The van der Waals surface area contributed by atoms with Gasteiger partial charge in [0, 0.05) is 19.0 Å². The SMILES string of the molecule is CCNc1ccc([N+](=O)[O-])c(NC2CCC(=O)NC2=O)n1. The summed E-state index contributed by atoms with van der Waals surface area (Å²) in [6.45, 7) is 2.49. The maximum atomic E-state index is 11.7. The van der Waals surface area contributed by atoms with Crippen molar-refractivity contribution in [3.05, 3.63) is 22.2 Å². The number of nitrogens with one attached hydrogen (secondary N) is 3. The average Bonchev–Trinajstić information content (AvgIpc) is 2.42. The molecule has 0 radical (unpaired) electrons. The number of anilines is 2. The van der Waals surface area contributed by atoms with Crippen molar-refractivity contribution < 1.29 is 14.5 Å². The minimum absolute atomic E-state index is 0.00736. The predicted molar refractivity (Wildman–Crippen MR) is 74.8 cm³/mol. The Morgan fingerprint density at radius 3 is 2.86 bits per heavy atom. The number of piperidine rings is 1. The summed E-state index contributed by atoms with van der Waals surface area (Å²) in [7, 11) is 0. The van der Waals surface area contributed by atoms with Crippen molar-refractivity contribution in [3.8, 4) is 0 Å². The van der Waals surface area contributed by atoms with E-state index in [9.17, 15) is 19.7 Å². The molecule has 3 N–H and O–H groups in total. The van der Waals surface area contributed by atoms with E-state index in [0.29, 0.717) is 12.4 Å². The molecule has 2 heterocycles. The average molecular weight is 293 g/mol. The van der Waals surface area contributed by atoms with Gasteiger partial charge in [0.05, 0.1) is 4.92 Å². The van der Waals surface area contributed by atoms with Gasteiger partial charge in [0.25, 0.3) is 0 Å². The summed E-state index contributed by atoms with van der Waals surface area (Å²) in [6.07, 6.45) is 0.457. The first-order valence-electron chi connectivity index (χ1n) is 6.50. The highest BCUT2D eigenvalue weighted by Crippen LogP contribution is 2.25. The van der Waals surface area contributed by atoms with Crippen LogP contribution in [0.5, 0.6) is 0 Å². The summed E-state index contributed by atoms with van der Waals surface area (Å²) < 4.78 is 0. The molecule has 1 aromatic rings. The second-order valence-electron chi connectivity index (χ2n) is 4.50. The Hall–Kier alpha value is -2.71. The molecule has 112 valence electrons. The number of carbonyl (C=O) groups is 2. The van der Waals surface area contributed by atoms with Gasteiger partial charge in [0.15, 0.2) is 0 Å². The maximum Gasteiger partial charge on any atom is 0.311 e. The number of nitro groups is 1. The molecule has 21 heavy (non-hydrogen) atoms. The topological polar surface area (TPSA) is 126 Å². The van der Waals surface area contributed by atoms with E-state index in [1.54, 1.807) is 0 Å². The number of nitrogens with zero attached hydrogens (tertiary/aromatic N) is 2. The van der Waals surface area contributed by atoms with Crippen molar-refractivity contribution in [2.45, 2.75) is 25.8 Å². The number of imide groups is 1. The Bertz CT molecular complexity index is 589. The molecule has 1 aromatic heterocycles. The van der Waals surface area contributed by atoms with Gasteiger partial charge in [-0.05, 0) is 19.4 Å². The molecule has 0 aromatic carbocycles. The Kier molecular flexibility index (Phi) is 4.31. The summed E-state index contributed by atoms with van der Waals surface area (Å²) >= 11 is 0. The molecule has 1 unspecified atom stereocenters. The number of carbonyl (C=O) groups excluding carboxylic acids is 2. The molecule has 2 rings (SSSR count). The fourth-order valence-corrected chi connectivity index (χ4v) is 1.98. The highest BCUT2D eigenvalue weighted by molar-refractivity contribution is 6.01. The van der Waals surface area contributed by atoms with Gasteiger partial charge >= 0.3 is 5.69 Å². The zero-order chi connectivity index (χ0) is 15.4. The van der Waals surface area contributed by atoms with Crippen LogP contribution < -0.4 is 16.0 Å². The monoisotopic (exact) mass is 293 g/mol. The van der Waals surface area contributed by atoms with Crippen molar-refractivity contribution in [2.75, 3.05) is 17.2 Å². The van der Waals surface area contributed by atoms with E-state index in [-0.39, 0.29) is 30.3 Å². The molecular formula is C12H15N5O4. The highest BCUT2D eigenvalue weighted by atomic mass is 16.6. The lowest BCUT2D eigenvalue weighted by Gasteiger charge is -2.22. The van der Waals surface area contributed by atoms with Gasteiger partial charge in [0.1, 0.15) is 11.9 Å². The van der Waals surface area contributed by atoms with Crippen LogP contribution in [0.25, 0.3) is 0 Å². The van der Waals surface area contributed by atoms with Crippen LogP contribution in [0.1, 0.15) is 19.8 Å². The standard InChI is InChI=1S/C12H15N5O4/c1-2-13-9-5-4-8(17(20)21)11(15-9)14-7-3-6-10(18)16-12(7)19/h4-5,7H,2-3,6H2,1H3,(H2,13,14,15)(H,16,18,19). The van der Waals surface area contributed by atoms with Crippen LogP contribution in [0, 0.1) is 10.1 Å². The lowest BCUT2D eigenvalue weighted by molar-refractivity contribution is -0.384. The van der Waals surface area contributed by atoms with Crippen molar-refractivity contribution in [1.82, 2.24) is 10.3 Å². The number of amides is 2. The molecule has 1 atom stereocenters. The lowest BCUT2D eigenvalue weighted by atomic mass is 10.1. The fraction of sp³-hybridized carbons (Fsp3) is 0.417. The molecular weight excluding hydrogens is 278 g/mol. The van der Waals surface area contributed by atoms with Crippen LogP contribution in [-0.2, 0) is 9.59 Å². The van der Waals surface area contributed by atoms with E-state index in [2.05, 4.69) is 20.9 Å². The van der Waals surface area contributed by atoms with Gasteiger partial charge in [-0.2, -0.15) is 0 Å². The van der Waals surface area contributed by atoms with Crippen LogP contribution in [-0.4, -0.2) is 34.3 Å². The van der Waals surface area contributed by atoms with Gasteiger partial charge in [-0.1, -0.05) is 0 Å². The van der Waals surface area contributed by atoms with E-state index in [1.807, 2.05) is 6.92 Å². The second-order valence-corrected chi connectivity index (χ2v) is 4.50. The molecule has 9 nitrogen and oxygen atoms in total. The lowest BCUT2D eigenvalue weighted by Crippen LogP contribution is -2.47. The van der Waals surface area contributed by atoms with Crippen LogP contribution in [0.3, 0.4) is 0 Å². The van der Waals surface area contributed by atoms with Gasteiger partial charge in [-0.25, -0.2) is 4.98 Å². The van der Waals surface area contributed by atoms with E-state index < -0.39 is 16.9 Å². The van der Waals surface area contributed by atoms with E-state index >= 15 is 0 Å². The van der Waals surface area contributed by atoms with Crippen molar-refractivity contribution >= 4 is 29.1 Å². The highest BCUT2D eigenvalue weighted by Gasteiger charge is 2.29. The quantitative estimate of drug-likeness (QED) is 0.413. The summed E-state index contributed by atoms with van der Waals surface area (Å²) in [5, 5.41) is 18.9. The Morgan fingerprint density at radius 1 is 1.48 bits per heavy atom. The summed E-state index contributed by atoms with van der Waals surface area (Å²) in [5.41, 5.74) is -0.221. The smallest absolute Gasteiger partial charge is 0.311 e. The number of aromatic nitrogens is 1. The number of hydrogen-bond donors (Lipinski definition) is 3. The zero-order valence-corrected chi connectivity index (χ0v) is 11.4. The van der Waals surface area contributed by atoms with Gasteiger partial charge in [0.2, 0.25) is 17.6 Å². The molecule has 0 spiro atoms. The maximum absolute atomic E-state index is 11.7. The molecule has 0 aliphatic carbocycles. The minimum Gasteiger partial charge on any atom is -0.370 e. The Balaban J connectivity index is 2.24. The van der Waals surface area contributed by atoms with Crippen molar-refractivity contribution in [1.29, 1.82) is 0 Å². The first kappa shape index (κ1) is 14.7. The molecule has 9 heteroatoms. The largest absolute Gasteiger partial charge is 0.370 e. The third-order valence-corrected chi connectivity index (χ3v) is 2.98. The number of pyridine rings is 1. The normalized spacial score (nSPS) is 18.0. The molecule has 1 saturated heterocycles. The Morgan fingerprint density at radius 2 is 2.24 bits per heavy atom. The molecule has 0 saturated carbocycles. The van der Waals surface area contributed by atoms with Crippen LogP contribution in [0.2, 0.25) is 0 Å². The molecule has 1 fully saturated rings. The molecule has 0 bridgehead atoms. The molecule has 1 aliphatic rings. The van der Waals surface area contributed by atoms with Crippen LogP contribution in [0.4, 0.5) is 17.3 Å². The van der Waals surface area contributed by atoms with Gasteiger partial charge < -0.3 is 10.6 Å². The Labute approximate surface area is 120 Å². The van der Waals surface area contributed by atoms with Crippen LogP contribution in [0.15, 0.2) is 12.1 Å². The fourth-order valence-electron chi connectivity index (χ4n) is 1.98. The van der Waals surface area contributed by atoms with Crippen molar-refractivity contribution in [2.24, 2.45) is 0 Å². The third kappa shape index (κ3) is 3.44. The van der Waals surface area contributed by atoms with Crippen molar-refractivity contribution in [3.63, 3.8) is 0 Å². The summed E-state index contributed by atoms with van der Waals surface area (Å²) in [6, 6.07) is 2.10. The van der Waals surface area contributed by atoms with Gasteiger partial charge in [-0.15, -0.1) is 0 Å². The van der Waals surface area contributed by atoms with Gasteiger partial charge in [-0.3, -0.25) is 25.0 Å². The minimum atomic E-state index is -0.717.